The van der Waals surface area contributed by atoms with Crippen molar-refractivity contribution < 1.29 is 14.3 Å². The van der Waals surface area contributed by atoms with Gasteiger partial charge in [0.05, 0.1) is 24.6 Å². The molecule has 2 aliphatic carbocycles. The number of morpholine rings is 1. The van der Waals surface area contributed by atoms with E-state index in [0.29, 0.717) is 13.2 Å². The predicted molar refractivity (Wildman–Crippen MR) is 120 cm³/mol. The average molecular weight is 414 g/mol. The van der Waals surface area contributed by atoms with Gasteiger partial charge in [-0.3, -0.25) is 9.59 Å². The summed E-state index contributed by atoms with van der Waals surface area (Å²) < 4.78 is 5.49. The Balaban J connectivity index is 1.51. The van der Waals surface area contributed by atoms with Crippen LogP contribution in [0.4, 0.5) is 17.1 Å². The number of nitrogens with zero attached hydrogens (tertiary/aromatic N) is 1. The Morgan fingerprint density at radius 2 is 1.37 bits per heavy atom. The first kappa shape index (κ1) is 21.2. The molecule has 0 unspecified atom stereocenters. The van der Waals surface area contributed by atoms with Gasteiger partial charge in [-0.25, -0.2) is 0 Å². The van der Waals surface area contributed by atoms with Gasteiger partial charge < -0.3 is 20.3 Å². The highest BCUT2D eigenvalue weighted by molar-refractivity contribution is 5.98. The first-order valence-corrected chi connectivity index (χ1v) is 11.8. The van der Waals surface area contributed by atoms with E-state index in [4.69, 9.17) is 4.74 Å². The Kier molecular flexibility index (Phi) is 7.26. The molecule has 1 saturated heterocycles. The minimum Gasteiger partial charge on any atom is -0.378 e. The lowest BCUT2D eigenvalue weighted by Crippen LogP contribution is -2.37. The molecule has 164 valence electrons. The highest BCUT2D eigenvalue weighted by Gasteiger charge is 2.25. The van der Waals surface area contributed by atoms with Gasteiger partial charge in [0, 0.05) is 30.6 Å². The molecule has 0 atom stereocenters. The van der Waals surface area contributed by atoms with Crippen molar-refractivity contribution in [2.24, 2.45) is 11.8 Å². The summed E-state index contributed by atoms with van der Waals surface area (Å²) in [5.41, 5.74) is 2.58. The van der Waals surface area contributed by atoms with Crippen molar-refractivity contribution >= 4 is 28.9 Å². The van der Waals surface area contributed by atoms with Crippen LogP contribution in [0.3, 0.4) is 0 Å². The van der Waals surface area contributed by atoms with Crippen LogP contribution >= 0.6 is 0 Å². The van der Waals surface area contributed by atoms with Crippen LogP contribution in [-0.2, 0) is 14.3 Å². The van der Waals surface area contributed by atoms with Crippen LogP contribution in [0.15, 0.2) is 18.2 Å². The third-order valence-electron chi connectivity index (χ3n) is 6.83. The molecule has 1 aromatic carbocycles. The minimum absolute atomic E-state index is 0.0942. The molecular formula is C24H35N3O3. The van der Waals surface area contributed by atoms with E-state index in [-0.39, 0.29) is 23.7 Å². The summed E-state index contributed by atoms with van der Waals surface area (Å²) in [5.74, 6) is 0.424. The smallest absolute Gasteiger partial charge is 0.227 e. The van der Waals surface area contributed by atoms with Gasteiger partial charge in [-0.15, -0.1) is 0 Å². The number of carbonyl (C=O) groups excluding carboxylic acids is 2. The monoisotopic (exact) mass is 413 g/mol. The van der Waals surface area contributed by atoms with Gasteiger partial charge in [0.2, 0.25) is 11.8 Å². The SMILES string of the molecule is O=C(Nc1ccc(N2CCOCC2)c(NC(=O)C2CCCCC2)c1)C1CCCCC1. The van der Waals surface area contributed by atoms with Crippen LogP contribution in [0.5, 0.6) is 0 Å². The van der Waals surface area contributed by atoms with Crippen molar-refractivity contribution in [1.82, 2.24) is 0 Å². The van der Waals surface area contributed by atoms with Crippen LogP contribution in [0.2, 0.25) is 0 Å². The van der Waals surface area contributed by atoms with Crippen LogP contribution < -0.4 is 15.5 Å². The Morgan fingerprint density at radius 3 is 1.97 bits per heavy atom. The minimum atomic E-state index is 0.0942. The summed E-state index contributed by atoms with van der Waals surface area (Å²) in [6.07, 6.45) is 10.9. The molecule has 1 aromatic rings. The number of benzene rings is 1. The molecule has 0 aromatic heterocycles. The zero-order valence-electron chi connectivity index (χ0n) is 18.0. The highest BCUT2D eigenvalue weighted by Crippen LogP contribution is 2.33. The molecule has 0 radical (unpaired) electrons. The lowest BCUT2D eigenvalue weighted by molar-refractivity contribution is -0.121. The topological polar surface area (TPSA) is 70.7 Å². The van der Waals surface area contributed by atoms with Crippen molar-refractivity contribution in [3.63, 3.8) is 0 Å². The van der Waals surface area contributed by atoms with E-state index in [1.165, 1.54) is 12.8 Å². The number of hydrogen-bond donors (Lipinski definition) is 2. The van der Waals surface area contributed by atoms with E-state index < -0.39 is 0 Å². The van der Waals surface area contributed by atoms with E-state index in [9.17, 15) is 9.59 Å². The summed E-state index contributed by atoms with van der Waals surface area (Å²) in [4.78, 5) is 27.9. The van der Waals surface area contributed by atoms with Crippen LogP contribution in [0, 0.1) is 11.8 Å². The summed E-state index contributed by atoms with van der Waals surface area (Å²) in [6, 6.07) is 5.92. The average Bonchev–Trinajstić information content (AvgIpc) is 2.81. The Morgan fingerprint density at radius 1 is 0.800 bits per heavy atom. The standard InChI is InChI=1S/C24H35N3O3/c28-23(18-7-3-1-4-8-18)25-20-11-12-22(27-13-15-30-16-14-27)21(17-20)26-24(29)19-9-5-2-6-10-19/h11-12,17-19H,1-10,13-16H2,(H,25,28)(H,26,29). The van der Waals surface area contributed by atoms with E-state index in [2.05, 4.69) is 15.5 Å². The molecule has 30 heavy (non-hydrogen) atoms. The molecule has 2 amide bonds. The summed E-state index contributed by atoms with van der Waals surface area (Å²) >= 11 is 0. The predicted octanol–water partition coefficient (Wildman–Crippen LogP) is 4.56. The van der Waals surface area contributed by atoms with Crippen LogP contribution in [-0.4, -0.2) is 38.1 Å². The summed E-state index contributed by atoms with van der Waals surface area (Å²) in [7, 11) is 0. The van der Waals surface area contributed by atoms with Crippen molar-refractivity contribution in [3.05, 3.63) is 18.2 Å². The third-order valence-corrected chi connectivity index (χ3v) is 6.83. The fourth-order valence-electron chi connectivity index (χ4n) is 5.00. The molecule has 2 N–H and O–H groups in total. The highest BCUT2D eigenvalue weighted by atomic mass is 16.5. The largest absolute Gasteiger partial charge is 0.378 e. The molecular weight excluding hydrogens is 378 g/mol. The van der Waals surface area contributed by atoms with Crippen molar-refractivity contribution in [2.75, 3.05) is 41.8 Å². The van der Waals surface area contributed by atoms with Crippen LogP contribution in [0.1, 0.15) is 64.2 Å². The second-order valence-electron chi connectivity index (χ2n) is 8.98. The lowest BCUT2D eigenvalue weighted by Gasteiger charge is -2.31. The molecule has 0 spiro atoms. The Labute approximate surface area is 179 Å². The van der Waals surface area contributed by atoms with Gasteiger partial charge in [0.1, 0.15) is 0 Å². The molecule has 0 bridgehead atoms. The first-order chi connectivity index (χ1) is 14.7. The molecule has 3 fully saturated rings. The summed E-state index contributed by atoms with van der Waals surface area (Å²) in [5, 5.41) is 6.30. The number of ether oxygens (including phenoxy) is 1. The maximum absolute atomic E-state index is 12.9. The van der Waals surface area contributed by atoms with Crippen molar-refractivity contribution in [2.45, 2.75) is 64.2 Å². The van der Waals surface area contributed by atoms with E-state index in [0.717, 1.165) is 81.5 Å². The fraction of sp³-hybridized carbons (Fsp3) is 0.667. The van der Waals surface area contributed by atoms with Gasteiger partial charge in [0.25, 0.3) is 0 Å². The first-order valence-electron chi connectivity index (χ1n) is 11.8. The molecule has 1 aliphatic heterocycles. The number of anilines is 3. The van der Waals surface area contributed by atoms with E-state index in [1.54, 1.807) is 0 Å². The number of rotatable bonds is 5. The lowest BCUT2D eigenvalue weighted by atomic mass is 9.88. The van der Waals surface area contributed by atoms with Crippen molar-refractivity contribution in [3.8, 4) is 0 Å². The van der Waals surface area contributed by atoms with Gasteiger partial charge in [-0.2, -0.15) is 0 Å². The van der Waals surface area contributed by atoms with E-state index in [1.807, 2.05) is 18.2 Å². The molecule has 2 saturated carbocycles. The molecule has 1 heterocycles. The number of carbonyl (C=O) groups is 2. The summed E-state index contributed by atoms with van der Waals surface area (Å²) in [6.45, 7) is 2.99. The maximum atomic E-state index is 12.9. The molecule has 3 aliphatic rings. The van der Waals surface area contributed by atoms with Gasteiger partial charge in [-0.05, 0) is 43.9 Å². The van der Waals surface area contributed by atoms with Crippen molar-refractivity contribution in [1.29, 1.82) is 0 Å². The molecule has 6 nitrogen and oxygen atoms in total. The Bertz CT molecular complexity index is 733. The van der Waals surface area contributed by atoms with Gasteiger partial charge in [-0.1, -0.05) is 38.5 Å². The Hall–Kier alpha value is -2.08. The number of hydrogen-bond acceptors (Lipinski definition) is 4. The molecule has 4 rings (SSSR count). The van der Waals surface area contributed by atoms with Crippen LogP contribution in [0.25, 0.3) is 0 Å². The fourth-order valence-corrected chi connectivity index (χ4v) is 5.00. The zero-order valence-corrected chi connectivity index (χ0v) is 18.0. The second kappa shape index (κ2) is 10.3. The second-order valence-corrected chi connectivity index (χ2v) is 8.98. The maximum Gasteiger partial charge on any atom is 0.227 e. The third kappa shape index (κ3) is 5.34. The number of amides is 2. The molecule has 6 heteroatoms. The van der Waals surface area contributed by atoms with E-state index >= 15 is 0 Å². The quantitative estimate of drug-likeness (QED) is 0.742. The van der Waals surface area contributed by atoms with Gasteiger partial charge >= 0.3 is 0 Å². The number of nitrogens with one attached hydrogen (secondary N) is 2. The normalized spacial score (nSPS) is 21.3. The zero-order chi connectivity index (χ0) is 20.8. The van der Waals surface area contributed by atoms with Gasteiger partial charge in [0.15, 0.2) is 0 Å².